The van der Waals surface area contributed by atoms with Gasteiger partial charge in [0.05, 0.1) is 10.9 Å². The first-order valence-corrected chi connectivity index (χ1v) is 4.65. The topological polar surface area (TPSA) is 26.9 Å². The lowest BCUT2D eigenvalue weighted by Crippen LogP contribution is -2.15. The van der Waals surface area contributed by atoms with Gasteiger partial charge in [-0.15, -0.1) is 0 Å². The molecule has 2 heterocycles. The van der Waals surface area contributed by atoms with E-state index in [0.29, 0.717) is 0 Å². The Bertz CT molecular complexity index is 561. The van der Waals surface area contributed by atoms with Crippen LogP contribution in [0.3, 0.4) is 0 Å². The molecule has 0 fully saturated rings. The number of pyridine rings is 1. The Kier molecular flexibility index (Phi) is 1.77. The van der Waals surface area contributed by atoms with Crippen molar-refractivity contribution in [3.05, 3.63) is 33.9 Å². The quantitative estimate of drug-likeness (QED) is 0.618. The van der Waals surface area contributed by atoms with E-state index in [1.165, 1.54) is 0 Å². The molecule has 0 unspecified atom stereocenters. The van der Waals surface area contributed by atoms with E-state index in [4.69, 9.17) is 0 Å². The van der Waals surface area contributed by atoms with Crippen molar-refractivity contribution in [3.63, 3.8) is 0 Å². The molecule has 2 rings (SSSR count). The summed E-state index contributed by atoms with van der Waals surface area (Å²) >= 11 is 0. The molecule has 0 aromatic carbocycles. The van der Waals surface area contributed by atoms with Crippen LogP contribution >= 0.6 is 0 Å². The molecular weight excluding hydrogens is 176 g/mol. The molecule has 0 aliphatic rings. The smallest absolute Gasteiger partial charge is 0.259 e. The molecule has 2 aromatic rings. The molecule has 0 radical (unpaired) electrons. The second-order valence-corrected chi connectivity index (χ2v) is 3.76. The van der Waals surface area contributed by atoms with E-state index in [0.717, 1.165) is 22.2 Å². The minimum absolute atomic E-state index is 0.0868. The zero-order valence-electron chi connectivity index (χ0n) is 8.96. The Hall–Kier alpha value is -1.51. The van der Waals surface area contributed by atoms with Crippen LogP contribution in [-0.4, -0.2) is 9.13 Å². The zero-order chi connectivity index (χ0) is 10.5. The molecule has 2 aromatic heterocycles. The van der Waals surface area contributed by atoms with Crippen molar-refractivity contribution in [3.8, 4) is 0 Å². The molecule has 0 bridgehead atoms. The molecule has 0 saturated heterocycles. The summed E-state index contributed by atoms with van der Waals surface area (Å²) in [5.74, 6) is 0. The molecule has 0 aliphatic carbocycles. The maximum absolute atomic E-state index is 11.9. The maximum Gasteiger partial charge on any atom is 0.259 e. The Morgan fingerprint density at radius 2 is 1.86 bits per heavy atom. The van der Waals surface area contributed by atoms with Crippen LogP contribution in [-0.2, 0) is 14.1 Å². The van der Waals surface area contributed by atoms with Gasteiger partial charge in [-0.25, -0.2) is 0 Å². The predicted molar refractivity (Wildman–Crippen MR) is 57.6 cm³/mol. The second-order valence-electron chi connectivity index (χ2n) is 3.76. The third-order valence-electron chi connectivity index (χ3n) is 3.03. The van der Waals surface area contributed by atoms with Crippen LogP contribution in [0.2, 0.25) is 0 Å². The first-order valence-electron chi connectivity index (χ1n) is 4.65. The third-order valence-corrected chi connectivity index (χ3v) is 3.03. The van der Waals surface area contributed by atoms with Crippen LogP contribution in [0.4, 0.5) is 0 Å². The van der Waals surface area contributed by atoms with Crippen LogP contribution in [0, 0.1) is 13.8 Å². The van der Waals surface area contributed by atoms with Gasteiger partial charge >= 0.3 is 0 Å². The molecule has 3 nitrogen and oxygen atoms in total. The van der Waals surface area contributed by atoms with E-state index >= 15 is 0 Å². The first kappa shape index (κ1) is 9.06. The van der Waals surface area contributed by atoms with Gasteiger partial charge in [0, 0.05) is 26.0 Å². The minimum Gasteiger partial charge on any atom is -0.347 e. The number of rotatable bonds is 0. The van der Waals surface area contributed by atoms with E-state index in [2.05, 4.69) is 4.57 Å². The number of hydrogen-bond donors (Lipinski definition) is 0. The number of nitrogens with zero attached hydrogens (tertiary/aromatic N) is 2. The average Bonchev–Trinajstić information content (AvgIpc) is 2.38. The molecular formula is C11H14N2O. The first-order chi connectivity index (χ1) is 6.54. The molecule has 74 valence electrons. The highest BCUT2D eigenvalue weighted by molar-refractivity contribution is 5.84. The van der Waals surface area contributed by atoms with Gasteiger partial charge in [0.15, 0.2) is 0 Å². The van der Waals surface area contributed by atoms with E-state index in [-0.39, 0.29) is 5.56 Å². The number of hydrogen-bond acceptors (Lipinski definition) is 1. The molecule has 0 aliphatic heterocycles. The van der Waals surface area contributed by atoms with Gasteiger partial charge in [-0.2, -0.15) is 0 Å². The Balaban J connectivity index is 3.11. The van der Waals surface area contributed by atoms with Gasteiger partial charge in [-0.05, 0) is 25.5 Å². The van der Waals surface area contributed by atoms with Crippen LogP contribution in [0.25, 0.3) is 10.9 Å². The lowest BCUT2D eigenvalue weighted by molar-refractivity contribution is 0.866. The summed E-state index contributed by atoms with van der Waals surface area (Å²) in [6.07, 6.45) is 1.81. The predicted octanol–water partition coefficient (Wildman–Crippen LogP) is 1.49. The van der Waals surface area contributed by atoms with Crippen molar-refractivity contribution in [2.45, 2.75) is 13.8 Å². The molecule has 3 heteroatoms. The highest BCUT2D eigenvalue weighted by Gasteiger charge is 2.11. The van der Waals surface area contributed by atoms with E-state index in [1.54, 1.807) is 11.6 Å². The van der Waals surface area contributed by atoms with E-state index in [9.17, 15) is 4.79 Å². The average molecular weight is 190 g/mol. The Labute approximate surface area is 82.6 Å². The molecule has 0 saturated carbocycles. The molecule has 0 atom stereocenters. The Morgan fingerprint density at radius 3 is 2.50 bits per heavy atom. The van der Waals surface area contributed by atoms with Gasteiger partial charge in [-0.3, -0.25) is 4.79 Å². The normalized spacial score (nSPS) is 11.1. The fourth-order valence-electron chi connectivity index (χ4n) is 1.86. The molecule has 0 amide bonds. The van der Waals surface area contributed by atoms with Crippen molar-refractivity contribution >= 4 is 10.9 Å². The summed E-state index contributed by atoms with van der Waals surface area (Å²) < 4.78 is 3.68. The van der Waals surface area contributed by atoms with Gasteiger partial charge in [-0.1, -0.05) is 0 Å². The fourth-order valence-corrected chi connectivity index (χ4v) is 1.86. The standard InChI is InChI=1S/C11H14N2O/c1-7-8(2)13(4)9-5-6-12(3)11(14)10(7)9/h5-6H,1-4H3. The zero-order valence-corrected chi connectivity index (χ0v) is 8.96. The second kappa shape index (κ2) is 2.74. The summed E-state index contributed by atoms with van der Waals surface area (Å²) in [6.45, 7) is 4.04. The monoisotopic (exact) mass is 190 g/mol. The SMILES string of the molecule is Cc1c(C)n(C)c2ccn(C)c(=O)c12. The van der Waals surface area contributed by atoms with Crippen LogP contribution < -0.4 is 5.56 Å². The summed E-state index contributed by atoms with van der Waals surface area (Å²) in [6, 6.07) is 1.98. The molecule has 0 spiro atoms. The van der Waals surface area contributed by atoms with Crippen molar-refractivity contribution in [1.29, 1.82) is 0 Å². The Morgan fingerprint density at radius 1 is 1.21 bits per heavy atom. The highest BCUT2D eigenvalue weighted by atomic mass is 16.1. The van der Waals surface area contributed by atoms with Gasteiger partial charge < -0.3 is 9.13 Å². The maximum atomic E-state index is 11.9. The van der Waals surface area contributed by atoms with Crippen molar-refractivity contribution in [1.82, 2.24) is 9.13 Å². The summed E-state index contributed by atoms with van der Waals surface area (Å²) in [7, 11) is 3.77. The minimum atomic E-state index is 0.0868. The fraction of sp³-hybridized carbons (Fsp3) is 0.364. The lowest BCUT2D eigenvalue weighted by Gasteiger charge is -1.99. The molecule has 14 heavy (non-hydrogen) atoms. The lowest BCUT2D eigenvalue weighted by atomic mass is 10.2. The summed E-state index contributed by atoms with van der Waals surface area (Å²) in [4.78, 5) is 11.9. The number of fused-ring (bicyclic) bond motifs is 1. The van der Waals surface area contributed by atoms with Crippen LogP contribution in [0.5, 0.6) is 0 Å². The largest absolute Gasteiger partial charge is 0.347 e. The number of aryl methyl sites for hydroxylation is 3. The summed E-state index contributed by atoms with van der Waals surface area (Å²) in [5, 5.41) is 0.843. The summed E-state index contributed by atoms with van der Waals surface area (Å²) in [5.41, 5.74) is 3.35. The van der Waals surface area contributed by atoms with E-state index < -0.39 is 0 Å². The van der Waals surface area contributed by atoms with Crippen molar-refractivity contribution in [2.24, 2.45) is 14.1 Å². The van der Waals surface area contributed by atoms with Crippen LogP contribution in [0.15, 0.2) is 17.1 Å². The van der Waals surface area contributed by atoms with Crippen molar-refractivity contribution in [2.75, 3.05) is 0 Å². The molecule has 0 N–H and O–H groups in total. The van der Waals surface area contributed by atoms with Crippen LogP contribution in [0.1, 0.15) is 11.3 Å². The number of aromatic nitrogens is 2. The van der Waals surface area contributed by atoms with E-state index in [1.807, 2.05) is 33.2 Å². The van der Waals surface area contributed by atoms with Gasteiger partial charge in [0.2, 0.25) is 0 Å². The van der Waals surface area contributed by atoms with Crippen molar-refractivity contribution < 1.29 is 0 Å². The van der Waals surface area contributed by atoms with Gasteiger partial charge in [0.25, 0.3) is 5.56 Å². The van der Waals surface area contributed by atoms with Gasteiger partial charge in [0.1, 0.15) is 0 Å². The highest BCUT2D eigenvalue weighted by Crippen LogP contribution is 2.19. The third kappa shape index (κ3) is 0.953.